The summed E-state index contributed by atoms with van der Waals surface area (Å²) in [5, 5.41) is 17.8. The summed E-state index contributed by atoms with van der Waals surface area (Å²) in [6.45, 7) is 11.6. The molecule has 0 radical (unpaired) electrons. The van der Waals surface area contributed by atoms with E-state index < -0.39 is 23.4 Å². The fourth-order valence-electron chi connectivity index (χ4n) is 4.48. The van der Waals surface area contributed by atoms with E-state index in [-0.39, 0.29) is 17.4 Å². The average Bonchev–Trinajstić information content (AvgIpc) is 3.25. The van der Waals surface area contributed by atoms with Gasteiger partial charge in [0.2, 0.25) is 0 Å². The fraction of sp³-hybridized carbons (Fsp3) is 0.419. The Balaban J connectivity index is 1.68. The number of piperidine rings is 1. The molecular formula is C31H37N5O5. The molecule has 1 aliphatic rings. The zero-order valence-corrected chi connectivity index (χ0v) is 24.4. The summed E-state index contributed by atoms with van der Waals surface area (Å²) in [5.41, 5.74) is -0.0947. The Morgan fingerprint density at radius 2 is 1.59 bits per heavy atom. The minimum atomic E-state index is -0.739. The first kappa shape index (κ1) is 29.5. The monoisotopic (exact) mass is 559 g/mol. The number of benzene rings is 2. The van der Waals surface area contributed by atoms with Crippen LogP contribution in [0.2, 0.25) is 0 Å². The van der Waals surface area contributed by atoms with Gasteiger partial charge in [-0.15, -0.1) is 0 Å². The van der Waals surface area contributed by atoms with Crippen LogP contribution in [0.3, 0.4) is 0 Å². The molecule has 2 amide bonds. The summed E-state index contributed by atoms with van der Waals surface area (Å²) in [6.07, 6.45) is 0.287. The predicted molar refractivity (Wildman–Crippen MR) is 155 cm³/mol. The third-order valence-electron chi connectivity index (χ3n) is 6.14. The highest BCUT2D eigenvalue weighted by Crippen LogP contribution is 2.35. The summed E-state index contributed by atoms with van der Waals surface area (Å²) in [6, 6.07) is 18.6. The lowest BCUT2D eigenvalue weighted by Crippen LogP contribution is -2.43. The summed E-state index contributed by atoms with van der Waals surface area (Å²) < 4.78 is 18.6. The number of amides is 2. The molecule has 2 aromatic carbocycles. The van der Waals surface area contributed by atoms with Crippen LogP contribution in [0.5, 0.6) is 11.5 Å². The Kier molecular flexibility index (Phi) is 8.57. The largest absolute Gasteiger partial charge is 0.457 e. The third kappa shape index (κ3) is 7.78. The average molecular weight is 560 g/mol. The van der Waals surface area contributed by atoms with Crippen LogP contribution >= 0.6 is 0 Å². The maximum Gasteiger partial charge on any atom is 0.413 e. The van der Waals surface area contributed by atoms with Crippen LogP contribution in [-0.2, 0) is 9.47 Å². The number of hydrogen-bond acceptors (Lipinski definition) is 7. The number of ether oxygens (including phenoxy) is 3. The van der Waals surface area contributed by atoms with E-state index in [4.69, 9.17) is 19.3 Å². The second-order valence-corrected chi connectivity index (χ2v) is 11.9. The Labute approximate surface area is 240 Å². The van der Waals surface area contributed by atoms with Gasteiger partial charge in [0.05, 0.1) is 6.04 Å². The molecular weight excluding hydrogens is 522 g/mol. The fourth-order valence-corrected chi connectivity index (χ4v) is 4.48. The highest BCUT2D eigenvalue weighted by Gasteiger charge is 2.33. The van der Waals surface area contributed by atoms with Gasteiger partial charge in [-0.05, 0) is 90.8 Å². The van der Waals surface area contributed by atoms with Gasteiger partial charge in [0, 0.05) is 18.7 Å². The normalized spacial score (nSPS) is 15.5. The van der Waals surface area contributed by atoms with E-state index in [1.807, 2.05) is 63.2 Å². The molecule has 10 heteroatoms. The number of nitrogens with one attached hydrogen (secondary N) is 1. The Bertz CT molecular complexity index is 1410. The van der Waals surface area contributed by atoms with Gasteiger partial charge in [0.1, 0.15) is 40.0 Å². The van der Waals surface area contributed by atoms with Gasteiger partial charge in [-0.2, -0.15) is 10.4 Å². The van der Waals surface area contributed by atoms with Crippen molar-refractivity contribution in [2.75, 3.05) is 18.4 Å². The minimum Gasteiger partial charge on any atom is -0.457 e. The van der Waals surface area contributed by atoms with Crippen LogP contribution in [0.1, 0.15) is 66.0 Å². The highest BCUT2D eigenvalue weighted by molar-refractivity contribution is 5.88. The molecule has 4 rings (SSSR count). The highest BCUT2D eigenvalue weighted by atomic mass is 16.6. The zero-order chi connectivity index (χ0) is 29.8. The van der Waals surface area contributed by atoms with E-state index >= 15 is 0 Å². The number of aromatic nitrogens is 2. The van der Waals surface area contributed by atoms with E-state index in [0.29, 0.717) is 48.7 Å². The van der Waals surface area contributed by atoms with E-state index in [1.165, 1.54) is 0 Å². The first-order valence-corrected chi connectivity index (χ1v) is 13.7. The number of rotatable bonds is 5. The second kappa shape index (κ2) is 11.9. The van der Waals surface area contributed by atoms with Crippen LogP contribution < -0.4 is 10.1 Å². The van der Waals surface area contributed by atoms with Crippen LogP contribution in [0, 0.1) is 11.3 Å². The number of anilines is 1. The van der Waals surface area contributed by atoms with Crippen molar-refractivity contribution < 1.29 is 23.8 Å². The molecule has 1 saturated heterocycles. The van der Waals surface area contributed by atoms with E-state index in [9.17, 15) is 14.9 Å². The molecule has 1 atom stereocenters. The Hall–Kier alpha value is -4.52. The van der Waals surface area contributed by atoms with E-state index in [2.05, 4.69) is 11.4 Å². The first-order chi connectivity index (χ1) is 19.3. The molecule has 1 aliphatic heterocycles. The first-order valence-electron chi connectivity index (χ1n) is 13.7. The smallest absolute Gasteiger partial charge is 0.413 e. The van der Waals surface area contributed by atoms with Gasteiger partial charge in [-0.3, -0.25) is 5.32 Å². The van der Waals surface area contributed by atoms with Crippen molar-refractivity contribution in [2.45, 2.75) is 71.6 Å². The molecule has 0 aliphatic carbocycles. The topological polar surface area (TPSA) is 119 Å². The van der Waals surface area contributed by atoms with Gasteiger partial charge < -0.3 is 19.1 Å². The number of hydrogen-bond donors (Lipinski definition) is 1. The summed E-state index contributed by atoms with van der Waals surface area (Å²) >= 11 is 0. The predicted octanol–water partition coefficient (Wildman–Crippen LogP) is 7.13. The lowest BCUT2D eigenvalue weighted by Gasteiger charge is -2.34. The molecule has 0 spiro atoms. The van der Waals surface area contributed by atoms with Crippen molar-refractivity contribution in [3.05, 3.63) is 60.2 Å². The molecule has 1 N–H and O–H groups in total. The van der Waals surface area contributed by atoms with Crippen molar-refractivity contribution in [3.8, 4) is 28.8 Å². The van der Waals surface area contributed by atoms with Gasteiger partial charge in [-0.25, -0.2) is 14.3 Å². The SMILES string of the molecule is CC(C)(C)OC(=O)Nc1c(C#N)c(-c2ccc(Oc3ccccc3)cc2)nn1C1CCCN(C(=O)OC(C)(C)C)C1. The molecule has 1 fully saturated rings. The van der Waals surface area contributed by atoms with E-state index in [0.717, 1.165) is 0 Å². The molecule has 10 nitrogen and oxygen atoms in total. The van der Waals surface area contributed by atoms with Gasteiger partial charge in [0.25, 0.3) is 0 Å². The Morgan fingerprint density at radius 1 is 0.951 bits per heavy atom. The van der Waals surface area contributed by atoms with Crippen molar-refractivity contribution in [2.24, 2.45) is 0 Å². The number of nitriles is 1. The Morgan fingerprint density at radius 3 is 2.20 bits per heavy atom. The van der Waals surface area contributed by atoms with Gasteiger partial charge in [0.15, 0.2) is 5.82 Å². The van der Waals surface area contributed by atoms with Crippen LogP contribution in [0.15, 0.2) is 54.6 Å². The zero-order valence-electron chi connectivity index (χ0n) is 24.4. The maximum absolute atomic E-state index is 12.8. The van der Waals surface area contributed by atoms with Crippen molar-refractivity contribution in [1.82, 2.24) is 14.7 Å². The number of likely N-dealkylation sites (tertiary alicyclic amines) is 1. The standard InChI is InChI=1S/C31H37N5O5/c1-30(2,3)40-28(37)33-27-25(19-32)26(21-14-16-24(17-15-21)39-23-12-8-7-9-13-23)34-36(27)22-11-10-18-35(20-22)29(38)41-31(4,5)6/h7-9,12-17,22H,10-11,18,20H2,1-6H3,(H,33,37). The second-order valence-electron chi connectivity index (χ2n) is 11.9. The molecule has 1 unspecified atom stereocenters. The molecule has 216 valence electrons. The summed E-state index contributed by atoms with van der Waals surface area (Å²) in [4.78, 5) is 27.3. The van der Waals surface area contributed by atoms with Gasteiger partial charge >= 0.3 is 12.2 Å². The van der Waals surface area contributed by atoms with Crippen molar-refractivity contribution in [1.29, 1.82) is 5.26 Å². The quantitative estimate of drug-likeness (QED) is 0.353. The van der Waals surface area contributed by atoms with Crippen LogP contribution in [0.25, 0.3) is 11.3 Å². The third-order valence-corrected chi connectivity index (χ3v) is 6.14. The summed E-state index contributed by atoms with van der Waals surface area (Å²) in [7, 11) is 0. The molecule has 0 bridgehead atoms. The van der Waals surface area contributed by atoms with Crippen LogP contribution in [-0.4, -0.2) is 51.2 Å². The number of nitrogens with zero attached hydrogens (tertiary/aromatic N) is 4. The lowest BCUT2D eigenvalue weighted by molar-refractivity contribution is 0.0167. The van der Waals surface area contributed by atoms with Gasteiger partial charge in [-0.1, -0.05) is 18.2 Å². The number of carbonyl (C=O) groups is 2. The lowest BCUT2D eigenvalue weighted by atomic mass is 10.1. The molecule has 0 saturated carbocycles. The summed E-state index contributed by atoms with van der Waals surface area (Å²) in [5.74, 6) is 1.56. The van der Waals surface area contributed by atoms with Crippen LogP contribution in [0.4, 0.5) is 15.4 Å². The molecule has 1 aromatic heterocycles. The van der Waals surface area contributed by atoms with Crippen molar-refractivity contribution >= 4 is 18.0 Å². The number of carbonyl (C=O) groups excluding carboxylic acids is 2. The van der Waals surface area contributed by atoms with Crippen molar-refractivity contribution in [3.63, 3.8) is 0 Å². The molecule has 2 heterocycles. The van der Waals surface area contributed by atoms with E-state index in [1.54, 1.807) is 42.5 Å². The maximum atomic E-state index is 12.8. The minimum absolute atomic E-state index is 0.196. The number of para-hydroxylation sites is 1. The molecule has 3 aromatic rings. The molecule has 41 heavy (non-hydrogen) atoms.